The van der Waals surface area contributed by atoms with E-state index in [0.29, 0.717) is 11.8 Å². The lowest BCUT2D eigenvalue weighted by Gasteiger charge is -2.13. The number of nitrogens with one attached hydrogen (secondary N) is 1. The van der Waals surface area contributed by atoms with E-state index in [1.54, 1.807) is 12.4 Å². The van der Waals surface area contributed by atoms with Crippen LogP contribution in [0.3, 0.4) is 0 Å². The number of carbonyl (C=O) groups excluding carboxylic acids is 1. The molecule has 3 rings (SSSR count). The Balaban J connectivity index is 1.62. The predicted octanol–water partition coefficient (Wildman–Crippen LogP) is 4.22. The highest BCUT2D eigenvalue weighted by Crippen LogP contribution is 2.22. The van der Waals surface area contributed by atoms with Crippen LogP contribution in [0.25, 0.3) is 11.1 Å². The molecule has 1 unspecified atom stereocenters. The molecule has 0 saturated carbocycles. The predicted molar refractivity (Wildman–Crippen MR) is 103 cm³/mol. The maximum Gasteiger partial charge on any atom is 0.407 e. The Morgan fingerprint density at radius 2 is 1.67 bits per heavy atom. The van der Waals surface area contributed by atoms with Gasteiger partial charge in [0, 0.05) is 24.0 Å². The fraction of sp³-hybridized carbons (Fsp3) is 0.190. The molecule has 1 amide bonds. The molecule has 1 N–H and O–H groups in total. The van der Waals surface area contributed by atoms with Crippen LogP contribution in [0.4, 0.5) is 4.79 Å². The monoisotopic (exact) mass is 363 g/mol. The lowest BCUT2D eigenvalue weighted by atomic mass is 10.0. The number of rotatable bonds is 6. The van der Waals surface area contributed by atoms with Gasteiger partial charge in [-0.2, -0.15) is 0 Å². The smallest absolute Gasteiger partial charge is 0.407 e. The van der Waals surface area contributed by atoms with E-state index in [2.05, 4.69) is 20.0 Å². The maximum atomic E-state index is 11.2. The molecule has 27 heavy (non-hydrogen) atoms. The first-order valence-electron chi connectivity index (χ1n) is 8.63. The van der Waals surface area contributed by atoms with Gasteiger partial charge in [0.1, 0.15) is 5.75 Å². The highest BCUT2D eigenvalue weighted by molar-refractivity contribution is 5.67. The van der Waals surface area contributed by atoms with Crippen molar-refractivity contribution < 1.29 is 14.3 Å². The largest absolute Gasteiger partial charge is 0.453 e. The molecule has 0 aliphatic rings. The Kier molecular flexibility index (Phi) is 5.99. The minimum atomic E-state index is -0.422. The molecule has 6 heteroatoms. The van der Waals surface area contributed by atoms with Crippen molar-refractivity contribution in [1.82, 2.24) is 15.3 Å². The van der Waals surface area contributed by atoms with Crippen LogP contribution >= 0.6 is 0 Å². The number of aromatic nitrogens is 2. The van der Waals surface area contributed by atoms with Crippen LogP contribution in [0.1, 0.15) is 12.5 Å². The molecule has 6 nitrogen and oxygen atoms in total. The average molecular weight is 363 g/mol. The van der Waals surface area contributed by atoms with Gasteiger partial charge in [0.05, 0.1) is 7.11 Å². The van der Waals surface area contributed by atoms with Crippen molar-refractivity contribution in [3.63, 3.8) is 0 Å². The molecule has 138 valence electrons. The zero-order chi connectivity index (χ0) is 19.1. The van der Waals surface area contributed by atoms with Crippen LogP contribution in [-0.2, 0) is 11.2 Å². The third-order valence-electron chi connectivity index (χ3n) is 3.96. The second-order valence-electron chi connectivity index (χ2n) is 6.11. The van der Waals surface area contributed by atoms with Crippen molar-refractivity contribution in [2.24, 2.45) is 0 Å². The zero-order valence-corrected chi connectivity index (χ0v) is 15.3. The Hall–Kier alpha value is -3.41. The Bertz CT molecular complexity index is 865. The SMILES string of the molecule is COC(=O)NC(C)Cc1ccc(-c2cnc(Oc3ccccc3)nc2)cc1. The van der Waals surface area contributed by atoms with Crippen LogP contribution in [0.15, 0.2) is 67.0 Å². The second kappa shape index (κ2) is 8.80. The van der Waals surface area contributed by atoms with E-state index in [-0.39, 0.29) is 6.04 Å². The van der Waals surface area contributed by atoms with E-state index in [1.807, 2.05) is 61.5 Å². The fourth-order valence-corrected chi connectivity index (χ4v) is 2.61. The number of carbonyl (C=O) groups is 1. The first-order chi connectivity index (χ1) is 13.1. The number of alkyl carbamates (subject to hydrolysis) is 1. The van der Waals surface area contributed by atoms with Gasteiger partial charge >= 0.3 is 12.1 Å². The summed E-state index contributed by atoms with van der Waals surface area (Å²) in [6.45, 7) is 1.93. The molecule has 2 aromatic carbocycles. The van der Waals surface area contributed by atoms with Crippen molar-refractivity contribution in [2.75, 3.05) is 7.11 Å². The summed E-state index contributed by atoms with van der Waals surface area (Å²) < 4.78 is 10.2. The van der Waals surface area contributed by atoms with E-state index in [9.17, 15) is 4.79 Å². The molecular weight excluding hydrogens is 342 g/mol. The molecular formula is C21H21N3O3. The van der Waals surface area contributed by atoms with Crippen LogP contribution in [0.2, 0.25) is 0 Å². The summed E-state index contributed by atoms with van der Waals surface area (Å²) in [5, 5.41) is 2.76. The number of hydrogen-bond acceptors (Lipinski definition) is 5. The second-order valence-corrected chi connectivity index (χ2v) is 6.11. The topological polar surface area (TPSA) is 73.3 Å². The first-order valence-corrected chi connectivity index (χ1v) is 8.63. The van der Waals surface area contributed by atoms with Crippen LogP contribution < -0.4 is 10.1 Å². The summed E-state index contributed by atoms with van der Waals surface area (Å²) in [6, 6.07) is 17.8. The van der Waals surface area contributed by atoms with Gasteiger partial charge in [0.25, 0.3) is 0 Å². The quantitative estimate of drug-likeness (QED) is 0.710. The molecule has 0 fully saturated rings. The van der Waals surface area contributed by atoms with Crippen molar-refractivity contribution >= 4 is 6.09 Å². The Morgan fingerprint density at radius 1 is 1.00 bits per heavy atom. The van der Waals surface area contributed by atoms with Gasteiger partial charge < -0.3 is 14.8 Å². The molecule has 0 aliphatic heterocycles. The number of benzene rings is 2. The van der Waals surface area contributed by atoms with E-state index in [1.165, 1.54) is 7.11 Å². The van der Waals surface area contributed by atoms with E-state index in [4.69, 9.17) is 4.74 Å². The molecule has 0 spiro atoms. The number of ether oxygens (including phenoxy) is 2. The summed E-state index contributed by atoms with van der Waals surface area (Å²) >= 11 is 0. The number of amides is 1. The van der Waals surface area contributed by atoms with Crippen molar-refractivity contribution in [2.45, 2.75) is 19.4 Å². The fourth-order valence-electron chi connectivity index (χ4n) is 2.61. The van der Waals surface area contributed by atoms with E-state index >= 15 is 0 Å². The molecule has 1 heterocycles. The van der Waals surface area contributed by atoms with Crippen molar-refractivity contribution in [1.29, 1.82) is 0 Å². The molecule has 1 aromatic heterocycles. The van der Waals surface area contributed by atoms with Crippen LogP contribution in [-0.4, -0.2) is 29.2 Å². The average Bonchev–Trinajstić information content (AvgIpc) is 2.70. The minimum absolute atomic E-state index is 0.0129. The summed E-state index contributed by atoms with van der Waals surface area (Å²) in [6.07, 6.45) is 3.77. The van der Waals surface area contributed by atoms with E-state index < -0.39 is 6.09 Å². The van der Waals surface area contributed by atoms with Gasteiger partial charge in [-0.25, -0.2) is 14.8 Å². The van der Waals surface area contributed by atoms with Gasteiger partial charge in [-0.1, -0.05) is 42.5 Å². The van der Waals surface area contributed by atoms with Crippen LogP contribution in [0, 0.1) is 0 Å². The molecule has 0 bridgehead atoms. The van der Waals surface area contributed by atoms with Gasteiger partial charge in [-0.05, 0) is 36.6 Å². The van der Waals surface area contributed by atoms with Crippen LogP contribution in [0.5, 0.6) is 11.8 Å². The van der Waals surface area contributed by atoms with Crippen molar-refractivity contribution in [3.8, 4) is 22.9 Å². The van der Waals surface area contributed by atoms with Gasteiger partial charge in [-0.15, -0.1) is 0 Å². The first kappa shape index (κ1) is 18.4. The summed E-state index contributed by atoms with van der Waals surface area (Å²) in [4.78, 5) is 19.8. The third kappa shape index (κ3) is 5.28. The van der Waals surface area contributed by atoms with Crippen molar-refractivity contribution in [3.05, 3.63) is 72.6 Å². The number of para-hydroxylation sites is 1. The standard InChI is InChI=1S/C21H21N3O3/c1-15(24-21(25)26-2)12-16-8-10-17(11-9-16)18-13-22-20(23-14-18)27-19-6-4-3-5-7-19/h3-11,13-15H,12H2,1-2H3,(H,24,25). The highest BCUT2D eigenvalue weighted by Gasteiger charge is 2.08. The Labute approximate surface area is 158 Å². The Morgan fingerprint density at radius 3 is 2.30 bits per heavy atom. The molecule has 0 radical (unpaired) electrons. The number of nitrogens with zero attached hydrogens (tertiary/aromatic N) is 2. The molecule has 1 atom stereocenters. The molecule has 0 saturated heterocycles. The summed E-state index contributed by atoms with van der Waals surface area (Å²) in [5.74, 6) is 0.698. The summed E-state index contributed by atoms with van der Waals surface area (Å²) in [7, 11) is 1.36. The third-order valence-corrected chi connectivity index (χ3v) is 3.96. The van der Waals surface area contributed by atoms with E-state index in [0.717, 1.165) is 23.1 Å². The number of methoxy groups -OCH3 is 1. The normalized spacial score (nSPS) is 11.5. The molecule has 0 aliphatic carbocycles. The number of hydrogen-bond donors (Lipinski definition) is 1. The minimum Gasteiger partial charge on any atom is -0.453 e. The lowest BCUT2D eigenvalue weighted by molar-refractivity contribution is 0.167. The maximum absolute atomic E-state index is 11.2. The van der Waals surface area contributed by atoms with Gasteiger partial charge in [-0.3, -0.25) is 0 Å². The highest BCUT2D eigenvalue weighted by atomic mass is 16.5. The molecule has 3 aromatic rings. The summed E-state index contributed by atoms with van der Waals surface area (Å²) in [5.41, 5.74) is 3.04. The lowest BCUT2D eigenvalue weighted by Crippen LogP contribution is -2.33. The zero-order valence-electron chi connectivity index (χ0n) is 15.3. The van der Waals surface area contributed by atoms with Gasteiger partial charge in [0.2, 0.25) is 0 Å². The van der Waals surface area contributed by atoms with Gasteiger partial charge in [0.15, 0.2) is 0 Å².